The van der Waals surface area contributed by atoms with E-state index in [0.717, 1.165) is 11.1 Å². The minimum atomic E-state index is -0.607. The third-order valence-electron chi connectivity index (χ3n) is 2.88. The zero-order valence-electron chi connectivity index (χ0n) is 14.3. The Hall–Kier alpha value is -2.90. The predicted molar refractivity (Wildman–Crippen MR) is 91.2 cm³/mol. The Bertz CT molecular complexity index is 589. The average molecular weight is 334 g/mol. The van der Waals surface area contributed by atoms with E-state index >= 15 is 0 Å². The zero-order valence-corrected chi connectivity index (χ0v) is 14.3. The smallest absolute Gasteiger partial charge is 0.427 e. The van der Waals surface area contributed by atoms with E-state index < -0.39 is 12.2 Å². The first-order valence-electron chi connectivity index (χ1n) is 7.52. The SMILES string of the molecule is CCOC(=O)N/N=C(/C)c1cccc(/C(C)=N/NC(=O)OCC)c1. The number of hydrogen-bond donors (Lipinski definition) is 2. The van der Waals surface area contributed by atoms with Gasteiger partial charge in [0.05, 0.1) is 24.6 Å². The van der Waals surface area contributed by atoms with E-state index in [1.807, 2.05) is 24.3 Å². The molecule has 1 aromatic rings. The van der Waals surface area contributed by atoms with Gasteiger partial charge in [-0.05, 0) is 44.9 Å². The van der Waals surface area contributed by atoms with E-state index in [2.05, 4.69) is 21.1 Å². The van der Waals surface area contributed by atoms with Crippen LogP contribution >= 0.6 is 0 Å². The van der Waals surface area contributed by atoms with E-state index in [9.17, 15) is 9.59 Å². The fourth-order valence-corrected chi connectivity index (χ4v) is 1.68. The highest BCUT2D eigenvalue weighted by atomic mass is 16.6. The molecule has 0 bridgehead atoms. The summed E-state index contributed by atoms with van der Waals surface area (Å²) in [6, 6.07) is 7.37. The van der Waals surface area contributed by atoms with Crippen LogP contribution in [0.4, 0.5) is 9.59 Å². The predicted octanol–water partition coefficient (Wildman–Crippen LogP) is 2.63. The summed E-state index contributed by atoms with van der Waals surface area (Å²) in [5.41, 5.74) is 7.43. The third kappa shape index (κ3) is 6.47. The van der Waals surface area contributed by atoms with Crippen LogP contribution in [0.1, 0.15) is 38.8 Å². The first kappa shape index (κ1) is 19.1. The molecule has 1 aromatic carbocycles. The van der Waals surface area contributed by atoms with Crippen molar-refractivity contribution in [1.82, 2.24) is 10.9 Å². The van der Waals surface area contributed by atoms with Crippen LogP contribution in [0, 0.1) is 0 Å². The van der Waals surface area contributed by atoms with Crippen LogP contribution in [-0.2, 0) is 9.47 Å². The lowest BCUT2D eigenvalue weighted by atomic mass is 10.1. The second-order valence-electron chi connectivity index (χ2n) is 4.64. The number of carbonyl (C=O) groups excluding carboxylic acids is 2. The molecule has 0 heterocycles. The van der Waals surface area contributed by atoms with E-state index in [-0.39, 0.29) is 13.2 Å². The van der Waals surface area contributed by atoms with Gasteiger partial charge in [0.15, 0.2) is 0 Å². The molecule has 130 valence electrons. The molecule has 0 aliphatic carbocycles. The van der Waals surface area contributed by atoms with Crippen LogP contribution in [0.15, 0.2) is 34.5 Å². The van der Waals surface area contributed by atoms with Gasteiger partial charge in [-0.1, -0.05) is 18.2 Å². The monoisotopic (exact) mass is 334 g/mol. The Morgan fingerprint density at radius 2 is 1.33 bits per heavy atom. The average Bonchev–Trinajstić information content (AvgIpc) is 2.58. The van der Waals surface area contributed by atoms with Gasteiger partial charge in [0.2, 0.25) is 0 Å². The summed E-state index contributed by atoms with van der Waals surface area (Å²) in [6.07, 6.45) is -1.21. The minimum absolute atomic E-state index is 0.277. The number of ether oxygens (including phenoxy) is 2. The lowest BCUT2D eigenvalue weighted by Crippen LogP contribution is -2.21. The molecule has 0 fully saturated rings. The van der Waals surface area contributed by atoms with Crippen molar-refractivity contribution in [3.05, 3.63) is 35.4 Å². The summed E-state index contributed by atoms with van der Waals surface area (Å²) < 4.78 is 9.47. The summed E-state index contributed by atoms with van der Waals surface area (Å²) >= 11 is 0. The largest absolute Gasteiger partial charge is 0.449 e. The Kier molecular flexibility index (Phi) is 7.97. The van der Waals surface area contributed by atoms with E-state index in [1.165, 1.54) is 0 Å². The first-order valence-corrected chi connectivity index (χ1v) is 7.52. The molecule has 2 N–H and O–H groups in total. The number of hydrogen-bond acceptors (Lipinski definition) is 6. The standard InChI is InChI=1S/C16H22N4O4/c1-5-23-15(21)19-17-11(3)13-8-7-9-14(10-13)12(4)18-20-16(22)24-6-2/h7-10H,5-6H2,1-4H3,(H,19,21)(H,20,22)/b17-11-,18-12+. The van der Waals surface area contributed by atoms with Gasteiger partial charge in [-0.25, -0.2) is 20.4 Å². The van der Waals surface area contributed by atoms with Crippen LogP contribution < -0.4 is 10.9 Å². The van der Waals surface area contributed by atoms with Gasteiger partial charge < -0.3 is 9.47 Å². The number of benzene rings is 1. The number of rotatable bonds is 6. The fraction of sp³-hybridized carbons (Fsp3) is 0.375. The van der Waals surface area contributed by atoms with Gasteiger partial charge in [-0.3, -0.25) is 0 Å². The van der Waals surface area contributed by atoms with E-state index in [4.69, 9.17) is 9.47 Å². The molecule has 0 unspecified atom stereocenters. The van der Waals surface area contributed by atoms with Crippen molar-refractivity contribution in [2.45, 2.75) is 27.7 Å². The van der Waals surface area contributed by atoms with Crippen LogP contribution in [0.25, 0.3) is 0 Å². The van der Waals surface area contributed by atoms with Gasteiger partial charge in [-0.15, -0.1) is 0 Å². The maximum atomic E-state index is 11.2. The van der Waals surface area contributed by atoms with Crippen molar-refractivity contribution < 1.29 is 19.1 Å². The summed E-state index contributed by atoms with van der Waals surface area (Å²) in [4.78, 5) is 22.5. The highest BCUT2D eigenvalue weighted by Gasteiger charge is 2.05. The molecule has 1 rings (SSSR count). The third-order valence-corrected chi connectivity index (χ3v) is 2.88. The van der Waals surface area contributed by atoms with Gasteiger partial charge in [0.1, 0.15) is 0 Å². The molecule has 8 nitrogen and oxygen atoms in total. The van der Waals surface area contributed by atoms with Gasteiger partial charge in [-0.2, -0.15) is 10.2 Å². The van der Waals surface area contributed by atoms with Crippen LogP contribution in [0.5, 0.6) is 0 Å². The molecular formula is C16H22N4O4. The highest BCUT2D eigenvalue weighted by Crippen LogP contribution is 2.08. The zero-order chi connectivity index (χ0) is 17.9. The van der Waals surface area contributed by atoms with Crippen molar-refractivity contribution >= 4 is 23.6 Å². The number of carbonyl (C=O) groups is 2. The lowest BCUT2D eigenvalue weighted by Gasteiger charge is -2.06. The Balaban J connectivity index is 2.81. The van der Waals surface area contributed by atoms with Gasteiger partial charge in [0, 0.05) is 0 Å². The molecule has 0 spiro atoms. The normalized spacial score (nSPS) is 11.7. The molecule has 8 heteroatoms. The first-order chi connectivity index (χ1) is 11.5. The molecule has 0 radical (unpaired) electrons. The molecule has 0 atom stereocenters. The summed E-state index contributed by atoms with van der Waals surface area (Å²) in [7, 11) is 0. The molecule has 0 aromatic heterocycles. The van der Waals surface area contributed by atoms with E-state index in [0.29, 0.717) is 11.4 Å². The van der Waals surface area contributed by atoms with Crippen molar-refractivity contribution in [2.24, 2.45) is 10.2 Å². The molecule has 0 aliphatic heterocycles. The number of hydrazone groups is 2. The topological polar surface area (TPSA) is 101 Å². The molecule has 24 heavy (non-hydrogen) atoms. The summed E-state index contributed by atoms with van der Waals surface area (Å²) in [5.74, 6) is 0. The van der Waals surface area contributed by atoms with Crippen LogP contribution in [0.2, 0.25) is 0 Å². The van der Waals surface area contributed by atoms with Gasteiger partial charge in [0.25, 0.3) is 0 Å². The number of nitrogens with zero attached hydrogens (tertiary/aromatic N) is 2. The molecule has 2 amide bonds. The molecular weight excluding hydrogens is 312 g/mol. The number of nitrogens with one attached hydrogen (secondary N) is 2. The maximum Gasteiger partial charge on any atom is 0.427 e. The fourth-order valence-electron chi connectivity index (χ4n) is 1.68. The minimum Gasteiger partial charge on any atom is -0.449 e. The maximum absolute atomic E-state index is 11.2. The van der Waals surface area contributed by atoms with Crippen LogP contribution in [0.3, 0.4) is 0 Å². The van der Waals surface area contributed by atoms with Gasteiger partial charge >= 0.3 is 12.2 Å². The quantitative estimate of drug-likeness (QED) is 0.617. The molecule has 0 saturated carbocycles. The Morgan fingerprint density at radius 1 is 0.917 bits per heavy atom. The van der Waals surface area contributed by atoms with Crippen molar-refractivity contribution in [1.29, 1.82) is 0 Å². The Labute approximate surface area is 140 Å². The number of amides is 2. The van der Waals surface area contributed by atoms with E-state index in [1.54, 1.807) is 27.7 Å². The van der Waals surface area contributed by atoms with Crippen molar-refractivity contribution in [3.63, 3.8) is 0 Å². The van der Waals surface area contributed by atoms with Crippen LogP contribution in [-0.4, -0.2) is 36.8 Å². The van der Waals surface area contributed by atoms with Crippen molar-refractivity contribution in [3.8, 4) is 0 Å². The lowest BCUT2D eigenvalue weighted by molar-refractivity contribution is 0.151. The summed E-state index contributed by atoms with van der Waals surface area (Å²) in [6.45, 7) is 7.50. The molecule has 0 saturated heterocycles. The highest BCUT2D eigenvalue weighted by molar-refractivity contribution is 6.04. The van der Waals surface area contributed by atoms with Crippen molar-refractivity contribution in [2.75, 3.05) is 13.2 Å². The second-order valence-corrected chi connectivity index (χ2v) is 4.64. The molecule has 0 aliphatic rings. The summed E-state index contributed by atoms with van der Waals surface area (Å²) in [5, 5.41) is 7.95. The second kappa shape index (κ2) is 9.98. The Morgan fingerprint density at radius 3 is 1.71 bits per heavy atom.